The Morgan fingerprint density at radius 2 is 2.05 bits per heavy atom. The second-order valence-corrected chi connectivity index (χ2v) is 5.17. The van der Waals surface area contributed by atoms with Gasteiger partial charge < -0.3 is 15.2 Å². The molecule has 2 rings (SSSR count). The number of aliphatic hydroxyl groups excluding tert-OH is 1. The van der Waals surface area contributed by atoms with E-state index in [0.29, 0.717) is 5.02 Å². The molecular weight excluding hydrogens is 293 g/mol. The SMILES string of the molecule is Cc1ccccc1OCC(O)CNc1cc(Cl)ccc1F. The third kappa shape index (κ3) is 4.62. The van der Waals surface area contributed by atoms with Gasteiger partial charge in [-0.3, -0.25) is 0 Å². The lowest BCUT2D eigenvalue weighted by Gasteiger charge is -2.15. The van der Waals surface area contributed by atoms with Crippen LogP contribution in [0.15, 0.2) is 42.5 Å². The molecule has 2 aromatic carbocycles. The van der Waals surface area contributed by atoms with Crippen molar-refractivity contribution in [1.29, 1.82) is 0 Å². The van der Waals surface area contributed by atoms with E-state index in [1.54, 1.807) is 0 Å². The number of benzene rings is 2. The van der Waals surface area contributed by atoms with Crippen molar-refractivity contribution in [3.8, 4) is 5.75 Å². The third-order valence-corrected chi connectivity index (χ3v) is 3.22. The van der Waals surface area contributed by atoms with Gasteiger partial charge in [0.1, 0.15) is 24.3 Å². The minimum absolute atomic E-state index is 0.125. The molecule has 2 aromatic rings. The second-order valence-electron chi connectivity index (χ2n) is 4.74. The van der Waals surface area contributed by atoms with Crippen molar-refractivity contribution in [3.05, 3.63) is 58.9 Å². The Hall–Kier alpha value is -1.78. The molecule has 0 fully saturated rings. The maximum Gasteiger partial charge on any atom is 0.146 e. The lowest BCUT2D eigenvalue weighted by atomic mass is 10.2. The summed E-state index contributed by atoms with van der Waals surface area (Å²) in [5.41, 5.74) is 1.26. The molecule has 0 aliphatic rings. The quantitative estimate of drug-likeness (QED) is 0.856. The van der Waals surface area contributed by atoms with Gasteiger partial charge in [0.05, 0.1) is 5.69 Å². The van der Waals surface area contributed by atoms with Crippen LogP contribution in [-0.2, 0) is 0 Å². The average Bonchev–Trinajstić information content (AvgIpc) is 2.47. The molecule has 5 heteroatoms. The van der Waals surface area contributed by atoms with Crippen LogP contribution in [-0.4, -0.2) is 24.4 Å². The molecule has 0 radical (unpaired) electrons. The van der Waals surface area contributed by atoms with Crippen molar-refractivity contribution < 1.29 is 14.2 Å². The van der Waals surface area contributed by atoms with E-state index in [1.165, 1.54) is 18.2 Å². The van der Waals surface area contributed by atoms with E-state index in [9.17, 15) is 9.50 Å². The number of ether oxygens (including phenoxy) is 1. The largest absolute Gasteiger partial charge is 0.491 e. The van der Waals surface area contributed by atoms with Gasteiger partial charge in [0.25, 0.3) is 0 Å². The van der Waals surface area contributed by atoms with Crippen molar-refractivity contribution >= 4 is 17.3 Å². The van der Waals surface area contributed by atoms with Gasteiger partial charge in [-0.15, -0.1) is 0 Å². The van der Waals surface area contributed by atoms with Crippen LogP contribution in [0, 0.1) is 12.7 Å². The highest BCUT2D eigenvalue weighted by Crippen LogP contribution is 2.20. The Balaban J connectivity index is 1.84. The summed E-state index contributed by atoms with van der Waals surface area (Å²) >= 11 is 5.80. The number of nitrogens with one attached hydrogen (secondary N) is 1. The van der Waals surface area contributed by atoms with Crippen molar-refractivity contribution in [2.75, 3.05) is 18.5 Å². The van der Waals surface area contributed by atoms with Crippen LogP contribution in [0.2, 0.25) is 5.02 Å². The van der Waals surface area contributed by atoms with Crippen LogP contribution < -0.4 is 10.1 Å². The number of hydrogen-bond donors (Lipinski definition) is 2. The molecule has 21 heavy (non-hydrogen) atoms. The summed E-state index contributed by atoms with van der Waals surface area (Å²) in [6.07, 6.45) is -0.761. The van der Waals surface area contributed by atoms with Gasteiger partial charge in [0.15, 0.2) is 0 Å². The van der Waals surface area contributed by atoms with Crippen molar-refractivity contribution in [2.45, 2.75) is 13.0 Å². The summed E-state index contributed by atoms with van der Waals surface area (Å²) in [6, 6.07) is 11.8. The van der Waals surface area contributed by atoms with E-state index in [-0.39, 0.29) is 18.8 Å². The minimum Gasteiger partial charge on any atom is -0.491 e. The summed E-state index contributed by atoms with van der Waals surface area (Å²) in [5, 5.41) is 13.1. The van der Waals surface area contributed by atoms with Gasteiger partial charge in [-0.25, -0.2) is 4.39 Å². The molecule has 1 atom stereocenters. The van der Waals surface area contributed by atoms with Crippen molar-refractivity contribution in [1.82, 2.24) is 0 Å². The number of anilines is 1. The molecule has 0 amide bonds. The highest BCUT2D eigenvalue weighted by Gasteiger charge is 2.08. The molecule has 1 unspecified atom stereocenters. The molecular formula is C16H17ClFNO2. The van der Waals surface area contributed by atoms with E-state index in [2.05, 4.69) is 5.32 Å². The molecule has 112 valence electrons. The number of hydrogen-bond acceptors (Lipinski definition) is 3. The molecule has 0 aliphatic heterocycles. The predicted molar refractivity (Wildman–Crippen MR) is 82.6 cm³/mol. The number of rotatable bonds is 6. The molecule has 0 saturated carbocycles. The van der Waals surface area contributed by atoms with Gasteiger partial charge >= 0.3 is 0 Å². The maximum absolute atomic E-state index is 13.5. The Morgan fingerprint density at radius 1 is 1.29 bits per heavy atom. The number of para-hydroxylation sites is 1. The van der Waals surface area contributed by atoms with Gasteiger partial charge in [-0.05, 0) is 36.8 Å². The summed E-state index contributed by atoms with van der Waals surface area (Å²) < 4.78 is 19.0. The molecule has 0 saturated heterocycles. The van der Waals surface area contributed by atoms with Crippen LogP contribution in [0.3, 0.4) is 0 Å². The van der Waals surface area contributed by atoms with E-state index in [4.69, 9.17) is 16.3 Å². The standard InChI is InChI=1S/C16H17ClFNO2/c1-11-4-2-3-5-16(11)21-10-13(20)9-19-15-8-12(17)6-7-14(15)18/h2-8,13,19-20H,9-10H2,1H3. The summed E-state index contributed by atoms with van der Waals surface area (Å²) in [5.74, 6) is 0.317. The first-order chi connectivity index (χ1) is 10.1. The topological polar surface area (TPSA) is 41.5 Å². The molecule has 0 aromatic heterocycles. The number of halogens is 2. The normalized spacial score (nSPS) is 12.0. The number of aliphatic hydroxyl groups is 1. The zero-order chi connectivity index (χ0) is 15.2. The van der Waals surface area contributed by atoms with E-state index < -0.39 is 11.9 Å². The fraction of sp³-hybridized carbons (Fsp3) is 0.250. The zero-order valence-electron chi connectivity index (χ0n) is 11.6. The van der Waals surface area contributed by atoms with Crippen LogP contribution in [0.5, 0.6) is 5.75 Å². The van der Waals surface area contributed by atoms with Crippen LogP contribution in [0.4, 0.5) is 10.1 Å². The summed E-state index contributed by atoms with van der Waals surface area (Å²) in [7, 11) is 0. The van der Waals surface area contributed by atoms with Gasteiger partial charge in [0.2, 0.25) is 0 Å². The highest BCUT2D eigenvalue weighted by atomic mass is 35.5. The first-order valence-corrected chi connectivity index (χ1v) is 6.99. The van der Waals surface area contributed by atoms with E-state index in [0.717, 1.165) is 11.3 Å². The highest BCUT2D eigenvalue weighted by molar-refractivity contribution is 6.30. The van der Waals surface area contributed by atoms with E-state index >= 15 is 0 Å². The number of aryl methyl sites for hydroxylation is 1. The summed E-state index contributed by atoms with van der Waals surface area (Å²) in [6.45, 7) is 2.23. The smallest absolute Gasteiger partial charge is 0.146 e. The fourth-order valence-electron chi connectivity index (χ4n) is 1.82. The first kappa shape index (κ1) is 15.6. The molecule has 3 nitrogen and oxygen atoms in total. The maximum atomic E-state index is 13.5. The van der Waals surface area contributed by atoms with Gasteiger partial charge in [0, 0.05) is 11.6 Å². The van der Waals surface area contributed by atoms with Gasteiger partial charge in [-0.2, -0.15) is 0 Å². The van der Waals surface area contributed by atoms with E-state index in [1.807, 2.05) is 31.2 Å². The molecule has 2 N–H and O–H groups in total. The lowest BCUT2D eigenvalue weighted by molar-refractivity contribution is 0.117. The lowest BCUT2D eigenvalue weighted by Crippen LogP contribution is -2.26. The second kappa shape index (κ2) is 7.29. The Kier molecular flexibility index (Phi) is 5.42. The predicted octanol–water partition coefficient (Wildman–Crippen LogP) is 3.64. The van der Waals surface area contributed by atoms with Crippen LogP contribution in [0.1, 0.15) is 5.56 Å². The van der Waals surface area contributed by atoms with Crippen molar-refractivity contribution in [3.63, 3.8) is 0 Å². The molecule has 0 aliphatic carbocycles. The van der Waals surface area contributed by atoms with Crippen LogP contribution in [0.25, 0.3) is 0 Å². The molecule has 0 spiro atoms. The summed E-state index contributed by atoms with van der Waals surface area (Å²) in [4.78, 5) is 0. The molecule has 0 heterocycles. The van der Waals surface area contributed by atoms with Crippen molar-refractivity contribution in [2.24, 2.45) is 0 Å². The zero-order valence-corrected chi connectivity index (χ0v) is 12.4. The fourth-order valence-corrected chi connectivity index (χ4v) is 2.00. The third-order valence-electron chi connectivity index (χ3n) is 2.98. The Bertz CT molecular complexity index is 607. The van der Waals surface area contributed by atoms with Gasteiger partial charge in [-0.1, -0.05) is 29.8 Å². The Morgan fingerprint density at radius 3 is 2.81 bits per heavy atom. The minimum atomic E-state index is -0.761. The Labute approximate surface area is 128 Å². The van der Waals surface area contributed by atoms with Crippen LogP contribution >= 0.6 is 11.6 Å². The molecule has 0 bridgehead atoms. The first-order valence-electron chi connectivity index (χ1n) is 6.61. The monoisotopic (exact) mass is 309 g/mol. The average molecular weight is 310 g/mol.